The van der Waals surface area contributed by atoms with Crippen LogP contribution >= 0.6 is 0 Å². The molecule has 17 heavy (non-hydrogen) atoms. The molecule has 0 bridgehead atoms. The quantitative estimate of drug-likeness (QED) is 0.682. The molecule has 0 spiro atoms. The van der Waals surface area contributed by atoms with Crippen LogP contribution in [0, 0.1) is 0 Å². The van der Waals surface area contributed by atoms with E-state index in [-0.39, 0.29) is 5.75 Å². The van der Waals surface area contributed by atoms with Gasteiger partial charge in [-0.05, 0) is 24.3 Å². The van der Waals surface area contributed by atoms with E-state index < -0.39 is 0 Å². The third-order valence-electron chi connectivity index (χ3n) is 2.38. The van der Waals surface area contributed by atoms with Crippen LogP contribution in [0.25, 0.3) is 22.6 Å². The summed E-state index contributed by atoms with van der Waals surface area (Å²) >= 11 is 0. The number of phenolic OH excluding ortho intramolecular Hbond substituents is 1. The van der Waals surface area contributed by atoms with Crippen LogP contribution in [0.4, 0.5) is 0 Å². The Morgan fingerprint density at radius 1 is 0.941 bits per heavy atom. The van der Waals surface area contributed by atoms with Crippen molar-refractivity contribution in [2.24, 2.45) is 0 Å². The second-order valence-corrected chi connectivity index (χ2v) is 3.50. The highest BCUT2D eigenvalue weighted by Crippen LogP contribution is 2.25. The largest absolute Gasteiger partial charge is 0.507 e. The summed E-state index contributed by atoms with van der Waals surface area (Å²) in [6.45, 7) is 0. The third kappa shape index (κ3) is 1.67. The van der Waals surface area contributed by atoms with Crippen molar-refractivity contribution < 1.29 is 5.11 Å². The average molecular weight is 224 g/mol. The highest BCUT2D eigenvalue weighted by molar-refractivity contribution is 5.72. The zero-order valence-electron chi connectivity index (χ0n) is 8.78. The van der Waals surface area contributed by atoms with E-state index in [2.05, 4.69) is 20.2 Å². The minimum absolute atomic E-state index is 0.137. The molecular weight excluding hydrogens is 216 g/mol. The number of aromatic hydroxyl groups is 1. The van der Waals surface area contributed by atoms with Crippen LogP contribution in [-0.2, 0) is 0 Å². The topological polar surface area (TPSA) is 71.8 Å². The predicted molar refractivity (Wildman–Crippen MR) is 62.2 cm³/mol. The van der Waals surface area contributed by atoms with Gasteiger partial charge in [0.2, 0.25) is 0 Å². The van der Waals surface area contributed by atoms with E-state index in [0.29, 0.717) is 22.6 Å². The maximum atomic E-state index is 9.71. The second-order valence-electron chi connectivity index (χ2n) is 3.50. The zero-order valence-corrected chi connectivity index (χ0v) is 8.78. The van der Waals surface area contributed by atoms with Gasteiger partial charge >= 0.3 is 0 Å². The van der Waals surface area contributed by atoms with Crippen LogP contribution in [-0.4, -0.2) is 25.3 Å². The number of pyridine rings is 1. The fraction of sp³-hybridized carbons (Fsp3) is 0. The third-order valence-corrected chi connectivity index (χ3v) is 2.38. The van der Waals surface area contributed by atoms with Gasteiger partial charge in [0.25, 0.3) is 0 Å². The summed E-state index contributed by atoms with van der Waals surface area (Å²) < 4.78 is 0. The van der Waals surface area contributed by atoms with Crippen LogP contribution in [0.15, 0.2) is 42.6 Å². The van der Waals surface area contributed by atoms with Crippen LogP contribution in [0.5, 0.6) is 5.75 Å². The van der Waals surface area contributed by atoms with Gasteiger partial charge in [0.05, 0.1) is 5.56 Å². The first-order valence-corrected chi connectivity index (χ1v) is 5.08. The maximum Gasteiger partial charge on any atom is 0.200 e. The van der Waals surface area contributed by atoms with Crippen LogP contribution in [0.3, 0.4) is 0 Å². The van der Waals surface area contributed by atoms with E-state index >= 15 is 0 Å². The van der Waals surface area contributed by atoms with Gasteiger partial charge in [0.15, 0.2) is 11.5 Å². The Kier molecular flexibility index (Phi) is 2.15. The Morgan fingerprint density at radius 3 is 2.71 bits per heavy atom. The number of fused-ring (bicyclic) bond motifs is 1. The van der Waals surface area contributed by atoms with Crippen LogP contribution in [0.1, 0.15) is 0 Å². The number of hydrogen-bond donors (Lipinski definition) is 1. The van der Waals surface area contributed by atoms with Gasteiger partial charge in [-0.25, -0.2) is 9.97 Å². The highest BCUT2D eigenvalue weighted by Gasteiger charge is 2.08. The number of aromatic nitrogens is 4. The molecule has 82 valence electrons. The van der Waals surface area contributed by atoms with Gasteiger partial charge in [-0.15, -0.1) is 10.2 Å². The van der Waals surface area contributed by atoms with Crippen molar-refractivity contribution in [1.29, 1.82) is 0 Å². The summed E-state index contributed by atoms with van der Waals surface area (Å²) in [4.78, 5) is 8.35. The molecule has 0 radical (unpaired) electrons. The Balaban J connectivity index is 2.22. The monoisotopic (exact) mass is 224 g/mol. The molecule has 0 fully saturated rings. The molecule has 0 saturated heterocycles. The summed E-state index contributed by atoms with van der Waals surface area (Å²) in [6.07, 6.45) is 1.64. The number of phenols is 1. The van der Waals surface area contributed by atoms with E-state index in [1.54, 1.807) is 36.5 Å². The Labute approximate surface area is 96.8 Å². The van der Waals surface area contributed by atoms with Crippen molar-refractivity contribution in [3.05, 3.63) is 42.6 Å². The van der Waals surface area contributed by atoms with Crippen molar-refractivity contribution in [2.75, 3.05) is 0 Å². The molecule has 5 nitrogen and oxygen atoms in total. The fourth-order valence-corrected chi connectivity index (χ4v) is 1.56. The minimum Gasteiger partial charge on any atom is -0.507 e. The lowest BCUT2D eigenvalue weighted by atomic mass is 10.2. The Bertz CT molecular complexity index is 684. The van der Waals surface area contributed by atoms with Gasteiger partial charge < -0.3 is 5.11 Å². The summed E-state index contributed by atoms with van der Waals surface area (Å²) in [7, 11) is 0. The van der Waals surface area contributed by atoms with E-state index in [1.165, 1.54) is 0 Å². The first-order chi connectivity index (χ1) is 8.34. The molecule has 2 aromatic heterocycles. The predicted octanol–water partition coefficient (Wildman–Crippen LogP) is 1.79. The molecule has 1 N–H and O–H groups in total. The molecule has 0 aliphatic rings. The molecule has 0 atom stereocenters. The first-order valence-electron chi connectivity index (χ1n) is 5.08. The summed E-state index contributed by atoms with van der Waals surface area (Å²) in [5.41, 5.74) is 1.71. The maximum absolute atomic E-state index is 9.71. The van der Waals surface area contributed by atoms with Gasteiger partial charge in [-0.3, -0.25) is 0 Å². The van der Waals surface area contributed by atoms with Gasteiger partial charge in [-0.2, -0.15) is 0 Å². The standard InChI is InChI=1S/C12H8N4O/c17-10-6-2-1-4-8(10)11-14-9-5-3-7-13-12(9)16-15-11/h1-7,17H. The van der Waals surface area contributed by atoms with Crippen molar-refractivity contribution in [2.45, 2.75) is 0 Å². The van der Waals surface area contributed by atoms with E-state index in [1.807, 2.05) is 6.07 Å². The molecule has 0 unspecified atom stereocenters. The molecule has 1 aromatic carbocycles. The van der Waals surface area contributed by atoms with Gasteiger partial charge in [-0.1, -0.05) is 12.1 Å². The molecule has 0 amide bonds. The summed E-state index contributed by atoms with van der Waals surface area (Å²) in [5.74, 6) is 0.529. The molecule has 5 heteroatoms. The van der Waals surface area contributed by atoms with Crippen molar-refractivity contribution in [3.8, 4) is 17.1 Å². The van der Waals surface area contributed by atoms with E-state index in [4.69, 9.17) is 0 Å². The summed E-state index contributed by atoms with van der Waals surface area (Å²) in [6, 6.07) is 10.5. The smallest absolute Gasteiger partial charge is 0.200 e. The zero-order chi connectivity index (χ0) is 11.7. The normalized spacial score (nSPS) is 10.6. The lowest BCUT2D eigenvalue weighted by Crippen LogP contribution is -1.95. The number of para-hydroxylation sites is 1. The van der Waals surface area contributed by atoms with Gasteiger partial charge in [0.1, 0.15) is 11.3 Å². The molecule has 2 heterocycles. The minimum atomic E-state index is 0.137. The van der Waals surface area contributed by atoms with E-state index in [9.17, 15) is 5.11 Å². The fourth-order valence-electron chi connectivity index (χ4n) is 1.56. The second kappa shape index (κ2) is 3.79. The number of rotatable bonds is 1. The van der Waals surface area contributed by atoms with E-state index in [0.717, 1.165) is 0 Å². The number of benzene rings is 1. The number of nitrogens with zero attached hydrogens (tertiary/aromatic N) is 4. The molecular formula is C12H8N4O. The Morgan fingerprint density at radius 2 is 1.82 bits per heavy atom. The first kappa shape index (κ1) is 9.65. The van der Waals surface area contributed by atoms with Crippen molar-refractivity contribution in [3.63, 3.8) is 0 Å². The molecule has 3 rings (SSSR count). The molecule has 0 saturated carbocycles. The SMILES string of the molecule is Oc1ccccc1-c1nnc2ncccc2n1. The lowest BCUT2D eigenvalue weighted by molar-refractivity contribution is 0.477. The van der Waals surface area contributed by atoms with Crippen LogP contribution < -0.4 is 0 Å². The Hall–Kier alpha value is -2.56. The van der Waals surface area contributed by atoms with Crippen molar-refractivity contribution >= 4 is 11.2 Å². The molecule has 3 aromatic rings. The molecule has 0 aliphatic heterocycles. The molecule has 0 aliphatic carbocycles. The summed E-state index contributed by atoms with van der Waals surface area (Å²) in [5, 5.41) is 17.6. The lowest BCUT2D eigenvalue weighted by Gasteiger charge is -2.02. The van der Waals surface area contributed by atoms with Crippen LogP contribution in [0.2, 0.25) is 0 Å². The average Bonchev–Trinajstić information content (AvgIpc) is 2.39. The highest BCUT2D eigenvalue weighted by atomic mass is 16.3. The van der Waals surface area contributed by atoms with Gasteiger partial charge in [0, 0.05) is 6.20 Å². The van der Waals surface area contributed by atoms with Crippen molar-refractivity contribution in [1.82, 2.24) is 20.2 Å². The number of hydrogen-bond acceptors (Lipinski definition) is 5.